The van der Waals surface area contributed by atoms with E-state index in [9.17, 15) is 0 Å². The Hall–Kier alpha value is -4.24. The fourth-order valence-corrected chi connectivity index (χ4v) is 4.18. The summed E-state index contributed by atoms with van der Waals surface area (Å²) in [5, 5.41) is 4.60. The van der Waals surface area contributed by atoms with Crippen LogP contribution in [0.15, 0.2) is 107 Å². The zero-order valence-corrected chi connectivity index (χ0v) is 18.7. The first-order valence-corrected chi connectivity index (χ1v) is 11.0. The van der Waals surface area contributed by atoms with Crippen molar-refractivity contribution < 1.29 is 4.74 Å². The molecule has 0 aliphatic heterocycles. The molecule has 0 saturated heterocycles. The van der Waals surface area contributed by atoms with Gasteiger partial charge in [-0.15, -0.1) is 0 Å². The Labute approximate surface area is 193 Å². The average Bonchev–Trinajstić information content (AvgIpc) is 2.86. The second-order valence-corrected chi connectivity index (χ2v) is 7.99. The van der Waals surface area contributed by atoms with Crippen LogP contribution in [0.4, 0.5) is 11.4 Å². The predicted octanol–water partition coefficient (Wildman–Crippen LogP) is 7.81. The number of ether oxygens (including phenoxy) is 1. The van der Waals surface area contributed by atoms with Crippen LogP contribution in [0.1, 0.15) is 16.7 Å². The molecular formula is C30H24N2O. The van der Waals surface area contributed by atoms with E-state index in [0.717, 1.165) is 44.6 Å². The number of hydrogen-bond acceptors (Lipinski definition) is 3. The van der Waals surface area contributed by atoms with Crippen LogP contribution < -0.4 is 4.74 Å². The number of benzene rings is 5. The van der Waals surface area contributed by atoms with E-state index >= 15 is 0 Å². The highest BCUT2D eigenvalue weighted by molar-refractivity contribution is 5.99. The maximum Gasteiger partial charge on any atom is 0.136 e. The molecule has 0 heterocycles. The number of fused-ring (bicyclic) bond motifs is 2. The van der Waals surface area contributed by atoms with Gasteiger partial charge in [0.1, 0.15) is 5.75 Å². The first kappa shape index (κ1) is 20.7. The fourth-order valence-electron chi connectivity index (χ4n) is 4.18. The van der Waals surface area contributed by atoms with E-state index in [0.29, 0.717) is 0 Å². The molecule has 5 aromatic rings. The minimum Gasteiger partial charge on any atom is -0.495 e. The highest BCUT2D eigenvalue weighted by Gasteiger charge is 2.09. The molecule has 0 fully saturated rings. The summed E-state index contributed by atoms with van der Waals surface area (Å²) in [6, 6.07) is 33.1. The quantitative estimate of drug-likeness (QED) is 0.263. The molecule has 0 atom stereocenters. The minimum absolute atomic E-state index is 0.758. The van der Waals surface area contributed by atoms with Gasteiger partial charge in [-0.25, -0.2) is 0 Å². The summed E-state index contributed by atoms with van der Waals surface area (Å²) in [5.74, 6) is 0.758. The van der Waals surface area contributed by atoms with Gasteiger partial charge in [-0.3, -0.25) is 9.98 Å². The maximum absolute atomic E-state index is 5.80. The number of aliphatic imine (C=N–C) groups is 2. The molecule has 0 aromatic heterocycles. The van der Waals surface area contributed by atoms with Crippen LogP contribution in [-0.4, -0.2) is 19.5 Å². The zero-order chi connectivity index (χ0) is 22.6. The smallest absolute Gasteiger partial charge is 0.136 e. The van der Waals surface area contributed by atoms with E-state index in [1.807, 2.05) is 61.0 Å². The number of aryl methyl sites for hydroxylation is 1. The third kappa shape index (κ3) is 4.26. The summed E-state index contributed by atoms with van der Waals surface area (Å²) in [4.78, 5) is 9.61. The third-order valence-electron chi connectivity index (χ3n) is 5.71. The molecule has 5 aromatic carbocycles. The second kappa shape index (κ2) is 9.09. The van der Waals surface area contributed by atoms with E-state index in [2.05, 4.69) is 55.5 Å². The normalized spacial score (nSPS) is 11.7. The van der Waals surface area contributed by atoms with Gasteiger partial charge in [0.05, 0.1) is 18.5 Å². The summed E-state index contributed by atoms with van der Waals surface area (Å²) >= 11 is 0. The van der Waals surface area contributed by atoms with Crippen LogP contribution in [0.2, 0.25) is 0 Å². The lowest BCUT2D eigenvalue weighted by atomic mass is 10.1. The largest absolute Gasteiger partial charge is 0.495 e. The van der Waals surface area contributed by atoms with Gasteiger partial charge < -0.3 is 4.74 Å². The Kier molecular flexibility index (Phi) is 5.69. The van der Waals surface area contributed by atoms with E-state index in [4.69, 9.17) is 14.7 Å². The number of nitrogens with zero attached hydrogens (tertiary/aromatic N) is 2. The molecule has 0 bridgehead atoms. The van der Waals surface area contributed by atoms with Crippen LogP contribution in [0.3, 0.4) is 0 Å². The van der Waals surface area contributed by atoms with Crippen molar-refractivity contribution in [1.82, 2.24) is 0 Å². The topological polar surface area (TPSA) is 34.0 Å². The molecule has 160 valence electrons. The third-order valence-corrected chi connectivity index (χ3v) is 5.71. The van der Waals surface area contributed by atoms with Crippen LogP contribution >= 0.6 is 0 Å². The molecule has 0 amide bonds. The number of methoxy groups -OCH3 is 1. The summed E-state index contributed by atoms with van der Waals surface area (Å²) in [6.07, 6.45) is 3.76. The van der Waals surface area contributed by atoms with Crippen molar-refractivity contribution in [3.63, 3.8) is 0 Å². The van der Waals surface area contributed by atoms with Crippen LogP contribution in [0, 0.1) is 6.92 Å². The molecule has 3 heteroatoms. The fraction of sp³-hybridized carbons (Fsp3) is 0.0667. The summed E-state index contributed by atoms with van der Waals surface area (Å²) in [6.45, 7) is 2.07. The Morgan fingerprint density at radius 3 is 1.55 bits per heavy atom. The van der Waals surface area contributed by atoms with Crippen molar-refractivity contribution in [2.45, 2.75) is 6.92 Å². The van der Waals surface area contributed by atoms with Crippen molar-refractivity contribution in [3.05, 3.63) is 114 Å². The molecule has 0 aliphatic rings. The van der Waals surface area contributed by atoms with Gasteiger partial charge >= 0.3 is 0 Å². The molecule has 0 unspecified atom stereocenters. The highest BCUT2D eigenvalue weighted by Crippen LogP contribution is 2.29. The van der Waals surface area contributed by atoms with Crippen LogP contribution in [-0.2, 0) is 0 Å². The first-order chi connectivity index (χ1) is 16.2. The standard InChI is InChI=1S/C30H24N2O/c1-21-17-24(19-31-28-15-7-11-22-9-3-5-13-26(22)28)30(33-2)25(18-21)20-32-29-16-8-12-23-10-4-6-14-27(23)29/h3-20H,1-2H3. The maximum atomic E-state index is 5.80. The molecule has 0 radical (unpaired) electrons. The number of hydrogen-bond donors (Lipinski definition) is 0. The van der Waals surface area contributed by atoms with Gasteiger partial charge in [-0.2, -0.15) is 0 Å². The summed E-state index contributed by atoms with van der Waals surface area (Å²) < 4.78 is 5.80. The highest BCUT2D eigenvalue weighted by atomic mass is 16.5. The van der Waals surface area contributed by atoms with E-state index in [-0.39, 0.29) is 0 Å². The van der Waals surface area contributed by atoms with Crippen molar-refractivity contribution in [3.8, 4) is 5.75 Å². The molecule has 5 rings (SSSR count). The summed E-state index contributed by atoms with van der Waals surface area (Å²) in [5.41, 5.74) is 4.83. The van der Waals surface area contributed by atoms with Gasteiger partial charge in [0.15, 0.2) is 0 Å². The molecule has 0 saturated carbocycles. The molecule has 0 N–H and O–H groups in total. The Balaban J connectivity index is 1.54. The van der Waals surface area contributed by atoms with Crippen molar-refractivity contribution in [2.24, 2.45) is 9.98 Å². The average molecular weight is 429 g/mol. The molecule has 0 aliphatic carbocycles. The van der Waals surface area contributed by atoms with E-state index in [1.54, 1.807) is 7.11 Å². The SMILES string of the molecule is COc1c(C=Nc2cccc3ccccc23)cc(C)cc1C=Nc1cccc2ccccc12. The van der Waals surface area contributed by atoms with Crippen LogP contribution in [0.25, 0.3) is 21.5 Å². The summed E-state index contributed by atoms with van der Waals surface area (Å²) in [7, 11) is 1.69. The van der Waals surface area contributed by atoms with E-state index < -0.39 is 0 Å². The first-order valence-electron chi connectivity index (χ1n) is 11.0. The van der Waals surface area contributed by atoms with E-state index in [1.165, 1.54) is 10.8 Å². The lowest BCUT2D eigenvalue weighted by Gasteiger charge is -2.10. The van der Waals surface area contributed by atoms with Gasteiger partial charge in [0, 0.05) is 34.3 Å². The molecular weight excluding hydrogens is 404 g/mol. The Bertz CT molecular complexity index is 1390. The van der Waals surface area contributed by atoms with Crippen molar-refractivity contribution in [1.29, 1.82) is 0 Å². The zero-order valence-electron chi connectivity index (χ0n) is 18.7. The van der Waals surface area contributed by atoms with Gasteiger partial charge in [0.25, 0.3) is 0 Å². The molecule has 3 nitrogen and oxygen atoms in total. The van der Waals surface area contributed by atoms with Crippen molar-refractivity contribution >= 4 is 45.3 Å². The number of rotatable bonds is 5. The van der Waals surface area contributed by atoms with Gasteiger partial charge in [0.2, 0.25) is 0 Å². The minimum atomic E-state index is 0.758. The molecule has 0 spiro atoms. The Morgan fingerprint density at radius 1 is 0.606 bits per heavy atom. The predicted molar refractivity (Wildman–Crippen MR) is 140 cm³/mol. The van der Waals surface area contributed by atoms with Crippen LogP contribution in [0.5, 0.6) is 5.75 Å². The van der Waals surface area contributed by atoms with Gasteiger partial charge in [-0.1, -0.05) is 72.8 Å². The molecule has 33 heavy (non-hydrogen) atoms. The van der Waals surface area contributed by atoms with Gasteiger partial charge in [-0.05, 0) is 47.5 Å². The Morgan fingerprint density at radius 2 is 1.06 bits per heavy atom. The monoisotopic (exact) mass is 428 g/mol. The second-order valence-electron chi connectivity index (χ2n) is 7.99. The lowest BCUT2D eigenvalue weighted by molar-refractivity contribution is 0.413. The van der Waals surface area contributed by atoms with Crippen molar-refractivity contribution in [2.75, 3.05) is 7.11 Å². The lowest BCUT2D eigenvalue weighted by Crippen LogP contribution is -1.98.